The Bertz CT molecular complexity index is 405. The van der Waals surface area contributed by atoms with Gasteiger partial charge in [0.15, 0.2) is 0 Å². The summed E-state index contributed by atoms with van der Waals surface area (Å²) in [6.07, 6.45) is 3.96. The molecule has 2 heterocycles. The van der Waals surface area contributed by atoms with Gasteiger partial charge in [-0.3, -0.25) is 4.90 Å². The fraction of sp³-hybridized carbons (Fsp3) is 0.800. The smallest absolute Gasteiger partial charge is 0.105 e. The van der Waals surface area contributed by atoms with Gasteiger partial charge in [0.1, 0.15) is 5.82 Å². The van der Waals surface area contributed by atoms with Gasteiger partial charge in [0.05, 0.1) is 0 Å². The Kier molecular flexibility index (Phi) is 4.31. The monoisotopic (exact) mass is 264 g/mol. The van der Waals surface area contributed by atoms with Crippen molar-refractivity contribution in [1.82, 2.24) is 19.8 Å². The Morgan fingerprint density at radius 2 is 2.11 bits per heavy atom. The lowest BCUT2D eigenvalue weighted by Gasteiger charge is -2.44. The average Bonchev–Trinajstić information content (AvgIpc) is 2.72. The third-order valence-electron chi connectivity index (χ3n) is 4.30. The topological polar surface area (TPSA) is 33.1 Å². The van der Waals surface area contributed by atoms with E-state index in [1.165, 1.54) is 0 Å². The van der Waals surface area contributed by atoms with Crippen LogP contribution in [0.4, 0.5) is 0 Å². The molecule has 1 saturated heterocycles. The number of nitrogens with zero attached hydrogens (tertiary/aromatic N) is 3. The molecule has 1 N–H and O–H groups in total. The molecule has 2 rings (SSSR count). The molecule has 0 radical (unpaired) electrons. The molecule has 2 atom stereocenters. The molecular formula is C15H28N4. The second-order valence-electron chi connectivity index (χ2n) is 6.84. The molecule has 4 nitrogen and oxygen atoms in total. The Labute approximate surface area is 117 Å². The predicted octanol–water partition coefficient (Wildman–Crippen LogP) is 1.90. The molecule has 1 fully saturated rings. The summed E-state index contributed by atoms with van der Waals surface area (Å²) in [5.41, 5.74) is 0.323. The zero-order valence-electron chi connectivity index (χ0n) is 13.0. The Balaban J connectivity index is 1.93. The molecule has 1 aliphatic rings. The number of rotatable bonds is 3. The molecule has 1 aliphatic heterocycles. The lowest BCUT2D eigenvalue weighted by atomic mass is 9.85. The molecular weight excluding hydrogens is 236 g/mol. The van der Waals surface area contributed by atoms with E-state index in [0.29, 0.717) is 17.5 Å². The maximum atomic E-state index is 4.29. The van der Waals surface area contributed by atoms with E-state index in [1.807, 2.05) is 6.20 Å². The van der Waals surface area contributed by atoms with Crippen molar-refractivity contribution in [3.8, 4) is 0 Å². The molecule has 4 heteroatoms. The van der Waals surface area contributed by atoms with Crippen molar-refractivity contribution in [3.05, 3.63) is 18.2 Å². The Morgan fingerprint density at radius 1 is 1.37 bits per heavy atom. The van der Waals surface area contributed by atoms with Crippen molar-refractivity contribution in [2.45, 2.75) is 53.2 Å². The first-order valence-corrected chi connectivity index (χ1v) is 7.33. The first kappa shape index (κ1) is 14.5. The van der Waals surface area contributed by atoms with Crippen molar-refractivity contribution >= 4 is 0 Å². The molecule has 0 amide bonds. The van der Waals surface area contributed by atoms with Crippen LogP contribution in [-0.4, -0.2) is 46.2 Å². The van der Waals surface area contributed by atoms with Crippen LogP contribution in [0.2, 0.25) is 0 Å². The van der Waals surface area contributed by atoms with Gasteiger partial charge in [-0.25, -0.2) is 4.98 Å². The highest BCUT2D eigenvalue weighted by molar-refractivity contribution is 4.92. The summed E-state index contributed by atoms with van der Waals surface area (Å²) in [5, 5.41) is 3.68. The first-order chi connectivity index (χ1) is 8.88. The molecule has 1 aromatic heterocycles. The zero-order valence-corrected chi connectivity index (χ0v) is 13.0. The molecule has 0 aliphatic carbocycles. The van der Waals surface area contributed by atoms with Gasteiger partial charge in [0.25, 0.3) is 0 Å². The summed E-state index contributed by atoms with van der Waals surface area (Å²) in [6.45, 7) is 15.7. The van der Waals surface area contributed by atoms with Crippen LogP contribution in [0.25, 0.3) is 0 Å². The standard InChI is InChI=1S/C15H28N4/c1-12-10-17-14(15(3,4)5)11-19(12)9-8-18-7-6-16-13(18)2/h6-7,12,14,17H,8-11H2,1-5H3. The summed E-state index contributed by atoms with van der Waals surface area (Å²) in [5.74, 6) is 1.11. The van der Waals surface area contributed by atoms with Gasteiger partial charge >= 0.3 is 0 Å². The third kappa shape index (κ3) is 3.57. The summed E-state index contributed by atoms with van der Waals surface area (Å²) in [6, 6.07) is 1.19. The fourth-order valence-corrected chi connectivity index (χ4v) is 2.69. The highest BCUT2D eigenvalue weighted by Gasteiger charge is 2.31. The van der Waals surface area contributed by atoms with Crippen LogP contribution < -0.4 is 5.32 Å². The summed E-state index contributed by atoms with van der Waals surface area (Å²) >= 11 is 0. The van der Waals surface area contributed by atoms with E-state index >= 15 is 0 Å². The van der Waals surface area contributed by atoms with Crippen molar-refractivity contribution in [2.24, 2.45) is 5.41 Å². The van der Waals surface area contributed by atoms with E-state index in [1.54, 1.807) is 0 Å². The van der Waals surface area contributed by atoms with Crippen molar-refractivity contribution in [1.29, 1.82) is 0 Å². The molecule has 108 valence electrons. The molecule has 19 heavy (non-hydrogen) atoms. The van der Waals surface area contributed by atoms with E-state index in [0.717, 1.165) is 32.0 Å². The average molecular weight is 264 g/mol. The van der Waals surface area contributed by atoms with Crippen molar-refractivity contribution in [3.63, 3.8) is 0 Å². The lowest BCUT2D eigenvalue weighted by molar-refractivity contribution is 0.0905. The van der Waals surface area contributed by atoms with Gasteiger partial charge in [0, 0.05) is 50.7 Å². The second-order valence-corrected chi connectivity index (χ2v) is 6.84. The minimum Gasteiger partial charge on any atom is -0.334 e. The van der Waals surface area contributed by atoms with Crippen molar-refractivity contribution < 1.29 is 0 Å². The van der Waals surface area contributed by atoms with Gasteiger partial charge in [-0.15, -0.1) is 0 Å². The van der Waals surface area contributed by atoms with E-state index < -0.39 is 0 Å². The van der Waals surface area contributed by atoms with Crippen LogP contribution in [0, 0.1) is 12.3 Å². The number of nitrogens with one attached hydrogen (secondary N) is 1. The second kappa shape index (κ2) is 5.63. The molecule has 0 saturated carbocycles. The van der Waals surface area contributed by atoms with Crippen LogP contribution in [0.5, 0.6) is 0 Å². The van der Waals surface area contributed by atoms with Gasteiger partial charge in [0.2, 0.25) is 0 Å². The fourth-order valence-electron chi connectivity index (χ4n) is 2.69. The van der Waals surface area contributed by atoms with E-state index in [4.69, 9.17) is 0 Å². The Hall–Kier alpha value is -0.870. The van der Waals surface area contributed by atoms with E-state index in [9.17, 15) is 0 Å². The summed E-state index contributed by atoms with van der Waals surface area (Å²) < 4.78 is 2.24. The third-order valence-corrected chi connectivity index (χ3v) is 4.30. The minimum atomic E-state index is 0.323. The maximum Gasteiger partial charge on any atom is 0.105 e. The summed E-state index contributed by atoms with van der Waals surface area (Å²) in [4.78, 5) is 6.89. The van der Waals surface area contributed by atoms with Gasteiger partial charge in [-0.2, -0.15) is 0 Å². The summed E-state index contributed by atoms with van der Waals surface area (Å²) in [7, 11) is 0. The molecule has 1 aromatic rings. The molecule has 0 bridgehead atoms. The van der Waals surface area contributed by atoms with Gasteiger partial charge < -0.3 is 9.88 Å². The number of hydrogen-bond donors (Lipinski definition) is 1. The highest BCUT2D eigenvalue weighted by atomic mass is 15.2. The molecule has 0 aromatic carbocycles. The van der Waals surface area contributed by atoms with Gasteiger partial charge in [-0.1, -0.05) is 20.8 Å². The van der Waals surface area contributed by atoms with Crippen LogP contribution >= 0.6 is 0 Å². The van der Waals surface area contributed by atoms with Crippen LogP contribution in [0.1, 0.15) is 33.5 Å². The predicted molar refractivity (Wildman–Crippen MR) is 79.2 cm³/mol. The minimum absolute atomic E-state index is 0.323. The SMILES string of the molecule is Cc1nccn1CCN1CC(C(C)(C)C)NCC1C. The van der Waals surface area contributed by atoms with E-state index in [2.05, 4.69) is 60.6 Å². The first-order valence-electron chi connectivity index (χ1n) is 7.33. The van der Waals surface area contributed by atoms with Crippen LogP contribution in [0.3, 0.4) is 0 Å². The normalized spacial score (nSPS) is 25.7. The zero-order chi connectivity index (χ0) is 14.0. The largest absolute Gasteiger partial charge is 0.334 e. The van der Waals surface area contributed by atoms with Gasteiger partial charge in [-0.05, 0) is 19.3 Å². The molecule has 0 spiro atoms. The quantitative estimate of drug-likeness (QED) is 0.905. The highest BCUT2D eigenvalue weighted by Crippen LogP contribution is 2.23. The van der Waals surface area contributed by atoms with E-state index in [-0.39, 0.29) is 0 Å². The number of hydrogen-bond acceptors (Lipinski definition) is 3. The number of piperazine rings is 1. The van der Waals surface area contributed by atoms with Crippen molar-refractivity contribution in [2.75, 3.05) is 19.6 Å². The number of aromatic nitrogens is 2. The molecule has 2 unspecified atom stereocenters. The maximum absolute atomic E-state index is 4.29. The van der Waals surface area contributed by atoms with Crippen LogP contribution in [0.15, 0.2) is 12.4 Å². The van der Waals surface area contributed by atoms with Crippen LogP contribution in [-0.2, 0) is 6.54 Å². The lowest BCUT2D eigenvalue weighted by Crippen LogP contribution is -2.59. The Morgan fingerprint density at radius 3 is 2.68 bits per heavy atom. The number of aryl methyl sites for hydroxylation is 1. The number of imidazole rings is 1.